The Labute approximate surface area is 136 Å². The molecule has 5 heteroatoms. The normalized spacial score (nSPS) is 13.2. The zero-order chi connectivity index (χ0) is 16.7. The summed E-state index contributed by atoms with van der Waals surface area (Å²) in [5.41, 5.74) is 2.07. The van der Waals surface area contributed by atoms with Crippen molar-refractivity contribution in [2.24, 2.45) is 0 Å². The van der Waals surface area contributed by atoms with Crippen LogP contribution in [0, 0.1) is 0 Å². The Morgan fingerprint density at radius 2 is 1.91 bits per heavy atom. The van der Waals surface area contributed by atoms with E-state index in [4.69, 9.17) is 9.47 Å². The van der Waals surface area contributed by atoms with E-state index in [2.05, 4.69) is 17.2 Å². The number of carbonyl (C=O) groups is 1. The molecule has 122 valence electrons. The van der Waals surface area contributed by atoms with E-state index in [-0.39, 0.29) is 24.5 Å². The van der Waals surface area contributed by atoms with E-state index in [1.165, 1.54) is 7.11 Å². The molecule has 0 aliphatic rings. The summed E-state index contributed by atoms with van der Waals surface area (Å²) in [7, 11) is 3.04. The Kier molecular flexibility index (Phi) is 6.11. The van der Waals surface area contributed by atoms with Gasteiger partial charge < -0.3 is 14.8 Å². The molecular weight excluding hydrogens is 292 g/mol. The van der Waals surface area contributed by atoms with Gasteiger partial charge in [-0.05, 0) is 36.2 Å². The van der Waals surface area contributed by atoms with Crippen LogP contribution < -0.4 is 10.1 Å². The maximum absolute atomic E-state index is 11.7. The molecule has 0 spiro atoms. The molecule has 1 heterocycles. The highest BCUT2D eigenvalue weighted by Crippen LogP contribution is 2.23. The summed E-state index contributed by atoms with van der Waals surface area (Å²) in [5.74, 6) is 0.563. The SMILES string of the molecule is COC(=O)CC(N[C@@H](C)c1ccc(OC)cc1)c1cccnc1. The molecular formula is C18H22N2O3. The third-order valence-corrected chi connectivity index (χ3v) is 3.75. The highest BCUT2D eigenvalue weighted by molar-refractivity contribution is 5.70. The number of nitrogens with one attached hydrogen (secondary N) is 1. The Morgan fingerprint density at radius 3 is 2.48 bits per heavy atom. The Bertz CT molecular complexity index is 614. The molecule has 0 aliphatic carbocycles. The summed E-state index contributed by atoms with van der Waals surface area (Å²) < 4.78 is 9.98. The highest BCUT2D eigenvalue weighted by atomic mass is 16.5. The molecule has 0 saturated heterocycles. The zero-order valence-electron chi connectivity index (χ0n) is 13.7. The quantitative estimate of drug-likeness (QED) is 0.796. The van der Waals surface area contributed by atoms with Crippen molar-refractivity contribution in [3.05, 3.63) is 59.9 Å². The molecule has 5 nitrogen and oxygen atoms in total. The van der Waals surface area contributed by atoms with E-state index >= 15 is 0 Å². The second-order valence-corrected chi connectivity index (χ2v) is 5.28. The number of nitrogens with zero attached hydrogens (tertiary/aromatic N) is 1. The van der Waals surface area contributed by atoms with Gasteiger partial charge in [-0.25, -0.2) is 0 Å². The number of carbonyl (C=O) groups excluding carboxylic acids is 1. The number of rotatable bonds is 7. The van der Waals surface area contributed by atoms with Gasteiger partial charge >= 0.3 is 5.97 Å². The lowest BCUT2D eigenvalue weighted by Crippen LogP contribution is -2.27. The summed E-state index contributed by atoms with van der Waals surface area (Å²) in [6.45, 7) is 2.06. The largest absolute Gasteiger partial charge is 0.497 e. The van der Waals surface area contributed by atoms with Crippen LogP contribution in [0.3, 0.4) is 0 Å². The number of ether oxygens (including phenoxy) is 2. The molecule has 23 heavy (non-hydrogen) atoms. The van der Waals surface area contributed by atoms with Crippen molar-refractivity contribution in [1.82, 2.24) is 10.3 Å². The minimum absolute atomic E-state index is 0.0655. The van der Waals surface area contributed by atoms with Crippen LogP contribution in [-0.2, 0) is 9.53 Å². The topological polar surface area (TPSA) is 60.5 Å². The van der Waals surface area contributed by atoms with Gasteiger partial charge in [-0.1, -0.05) is 18.2 Å². The first-order valence-corrected chi connectivity index (χ1v) is 7.50. The average molecular weight is 314 g/mol. The predicted octanol–water partition coefficient (Wildman–Crippen LogP) is 3.05. The van der Waals surface area contributed by atoms with Crippen LogP contribution in [0.15, 0.2) is 48.8 Å². The van der Waals surface area contributed by atoms with E-state index in [1.54, 1.807) is 19.5 Å². The van der Waals surface area contributed by atoms with Crippen LogP contribution in [0.25, 0.3) is 0 Å². The van der Waals surface area contributed by atoms with Crippen LogP contribution >= 0.6 is 0 Å². The van der Waals surface area contributed by atoms with Crippen LogP contribution in [0.4, 0.5) is 0 Å². The van der Waals surface area contributed by atoms with E-state index in [1.807, 2.05) is 36.4 Å². The number of methoxy groups -OCH3 is 2. The van der Waals surface area contributed by atoms with Gasteiger partial charge in [0.05, 0.1) is 20.6 Å². The molecule has 1 unspecified atom stereocenters. The molecule has 0 bridgehead atoms. The van der Waals surface area contributed by atoms with Crippen LogP contribution in [0.1, 0.15) is 36.6 Å². The van der Waals surface area contributed by atoms with Gasteiger partial charge in [0, 0.05) is 24.5 Å². The summed E-state index contributed by atoms with van der Waals surface area (Å²) >= 11 is 0. The summed E-state index contributed by atoms with van der Waals surface area (Å²) in [6.07, 6.45) is 3.73. The van der Waals surface area contributed by atoms with Gasteiger partial charge in [-0.2, -0.15) is 0 Å². The maximum Gasteiger partial charge on any atom is 0.307 e. The molecule has 1 N–H and O–H groups in total. The van der Waals surface area contributed by atoms with Crippen molar-refractivity contribution in [2.75, 3.05) is 14.2 Å². The van der Waals surface area contributed by atoms with Crippen LogP contribution in [0.2, 0.25) is 0 Å². The van der Waals surface area contributed by atoms with E-state index in [0.717, 1.165) is 16.9 Å². The minimum atomic E-state index is -0.256. The number of aromatic nitrogens is 1. The first kappa shape index (κ1) is 17.0. The number of hydrogen-bond acceptors (Lipinski definition) is 5. The smallest absolute Gasteiger partial charge is 0.307 e. The molecule has 2 rings (SSSR count). The van der Waals surface area contributed by atoms with Gasteiger partial charge in [-0.3, -0.25) is 9.78 Å². The minimum Gasteiger partial charge on any atom is -0.497 e. The van der Waals surface area contributed by atoms with E-state index in [9.17, 15) is 4.79 Å². The van der Waals surface area contributed by atoms with Gasteiger partial charge in [0.2, 0.25) is 0 Å². The molecule has 0 fully saturated rings. The number of hydrogen-bond donors (Lipinski definition) is 1. The maximum atomic E-state index is 11.7. The average Bonchev–Trinajstić information content (AvgIpc) is 2.61. The van der Waals surface area contributed by atoms with Crippen molar-refractivity contribution in [3.63, 3.8) is 0 Å². The molecule has 1 aromatic carbocycles. The summed E-state index contributed by atoms with van der Waals surface area (Å²) in [5, 5.41) is 3.47. The predicted molar refractivity (Wildman–Crippen MR) is 88.2 cm³/mol. The monoisotopic (exact) mass is 314 g/mol. The van der Waals surface area contributed by atoms with Crippen LogP contribution in [0.5, 0.6) is 5.75 Å². The fraction of sp³-hybridized carbons (Fsp3) is 0.333. The fourth-order valence-corrected chi connectivity index (χ4v) is 2.40. The summed E-state index contributed by atoms with van der Waals surface area (Å²) in [6, 6.07) is 11.6. The Morgan fingerprint density at radius 1 is 1.17 bits per heavy atom. The van der Waals surface area contributed by atoms with Crippen LogP contribution in [-0.4, -0.2) is 25.2 Å². The molecule has 0 saturated carbocycles. The van der Waals surface area contributed by atoms with Gasteiger partial charge in [0.25, 0.3) is 0 Å². The molecule has 0 amide bonds. The van der Waals surface area contributed by atoms with Crippen molar-refractivity contribution < 1.29 is 14.3 Å². The third kappa shape index (κ3) is 4.79. The Hall–Kier alpha value is -2.40. The fourth-order valence-electron chi connectivity index (χ4n) is 2.40. The second kappa shape index (κ2) is 8.29. The molecule has 2 aromatic rings. The standard InChI is InChI=1S/C18H22N2O3/c1-13(14-6-8-16(22-2)9-7-14)20-17(11-18(21)23-3)15-5-4-10-19-12-15/h4-10,12-13,17,20H,11H2,1-3H3/t13-,17?/m0/s1. The number of esters is 1. The Balaban J connectivity index is 2.13. The van der Waals surface area contributed by atoms with Crippen molar-refractivity contribution in [2.45, 2.75) is 25.4 Å². The summed E-state index contributed by atoms with van der Waals surface area (Å²) in [4.78, 5) is 15.8. The first-order chi connectivity index (χ1) is 11.1. The molecule has 0 radical (unpaired) electrons. The third-order valence-electron chi connectivity index (χ3n) is 3.75. The van der Waals surface area contributed by atoms with Crippen molar-refractivity contribution in [3.8, 4) is 5.75 Å². The number of benzene rings is 1. The van der Waals surface area contributed by atoms with E-state index in [0.29, 0.717) is 0 Å². The second-order valence-electron chi connectivity index (χ2n) is 5.28. The lowest BCUT2D eigenvalue weighted by molar-refractivity contribution is -0.141. The molecule has 1 aromatic heterocycles. The van der Waals surface area contributed by atoms with Crippen molar-refractivity contribution in [1.29, 1.82) is 0 Å². The van der Waals surface area contributed by atoms with E-state index < -0.39 is 0 Å². The van der Waals surface area contributed by atoms with Gasteiger partial charge in [0.15, 0.2) is 0 Å². The number of pyridine rings is 1. The lowest BCUT2D eigenvalue weighted by atomic mass is 10.0. The zero-order valence-corrected chi connectivity index (χ0v) is 13.7. The lowest BCUT2D eigenvalue weighted by Gasteiger charge is -2.23. The molecule has 0 aliphatic heterocycles. The first-order valence-electron chi connectivity index (χ1n) is 7.50. The van der Waals surface area contributed by atoms with Gasteiger partial charge in [0.1, 0.15) is 5.75 Å². The van der Waals surface area contributed by atoms with Crippen molar-refractivity contribution >= 4 is 5.97 Å². The molecule has 2 atom stereocenters. The highest BCUT2D eigenvalue weighted by Gasteiger charge is 2.19. The van der Waals surface area contributed by atoms with Gasteiger partial charge in [-0.15, -0.1) is 0 Å².